The Bertz CT molecular complexity index is 715. The van der Waals surface area contributed by atoms with Crippen molar-refractivity contribution in [3.05, 3.63) is 29.6 Å². The fourth-order valence-corrected chi connectivity index (χ4v) is 3.74. The van der Waals surface area contributed by atoms with Crippen molar-refractivity contribution in [3.63, 3.8) is 0 Å². The second-order valence-electron chi connectivity index (χ2n) is 4.88. The molecule has 3 rings (SSSR count). The summed E-state index contributed by atoms with van der Waals surface area (Å²) in [7, 11) is 1.62. The lowest BCUT2D eigenvalue weighted by Gasteiger charge is -2.13. The minimum Gasteiger partial charge on any atom is -0.497 e. The zero-order valence-corrected chi connectivity index (χ0v) is 14.1. The molecule has 2 heterocycles. The van der Waals surface area contributed by atoms with Crippen LogP contribution in [0.25, 0.3) is 11.3 Å². The number of amides is 2. The molecule has 8 heteroatoms. The molecular formula is C15H15N3O3S2. The number of carbonyl (C=O) groups is 2. The van der Waals surface area contributed by atoms with Crippen molar-refractivity contribution in [2.45, 2.75) is 0 Å². The summed E-state index contributed by atoms with van der Waals surface area (Å²) in [4.78, 5) is 29.4. The summed E-state index contributed by atoms with van der Waals surface area (Å²) >= 11 is 2.87. The number of rotatable bonds is 5. The molecule has 1 aromatic carbocycles. The number of hydrogen-bond donors (Lipinski definition) is 1. The van der Waals surface area contributed by atoms with Crippen LogP contribution in [0.3, 0.4) is 0 Å². The van der Waals surface area contributed by atoms with Gasteiger partial charge in [-0.05, 0) is 24.3 Å². The molecule has 2 aromatic rings. The molecule has 0 bridgehead atoms. The normalized spacial score (nSPS) is 14.1. The number of thioether (sulfide) groups is 1. The van der Waals surface area contributed by atoms with E-state index < -0.39 is 0 Å². The van der Waals surface area contributed by atoms with E-state index >= 15 is 0 Å². The Morgan fingerprint density at radius 2 is 2.17 bits per heavy atom. The van der Waals surface area contributed by atoms with E-state index in [1.54, 1.807) is 7.11 Å². The highest BCUT2D eigenvalue weighted by atomic mass is 32.2. The van der Waals surface area contributed by atoms with Gasteiger partial charge in [-0.2, -0.15) is 0 Å². The van der Waals surface area contributed by atoms with Gasteiger partial charge in [-0.25, -0.2) is 4.98 Å². The molecule has 0 atom stereocenters. The number of thiazole rings is 1. The minimum atomic E-state index is -0.225. The average Bonchev–Trinajstić information content (AvgIpc) is 3.17. The fraction of sp³-hybridized carbons (Fsp3) is 0.267. The Morgan fingerprint density at radius 3 is 2.83 bits per heavy atom. The maximum atomic E-state index is 12.0. The van der Waals surface area contributed by atoms with E-state index in [1.165, 1.54) is 28.0 Å². The van der Waals surface area contributed by atoms with Gasteiger partial charge in [0.05, 0.1) is 24.4 Å². The van der Waals surface area contributed by atoms with Crippen molar-refractivity contribution in [1.29, 1.82) is 0 Å². The lowest BCUT2D eigenvalue weighted by molar-refractivity contribution is -0.130. The van der Waals surface area contributed by atoms with Gasteiger partial charge in [0, 0.05) is 10.9 Å². The topological polar surface area (TPSA) is 71.5 Å². The molecule has 23 heavy (non-hydrogen) atoms. The van der Waals surface area contributed by atoms with E-state index in [0.717, 1.165) is 17.0 Å². The summed E-state index contributed by atoms with van der Waals surface area (Å²) in [6, 6.07) is 7.56. The van der Waals surface area contributed by atoms with E-state index in [4.69, 9.17) is 4.74 Å². The Balaban J connectivity index is 1.62. The first-order chi connectivity index (χ1) is 11.2. The summed E-state index contributed by atoms with van der Waals surface area (Å²) in [5.41, 5.74) is 1.74. The Kier molecular flexibility index (Phi) is 4.82. The molecule has 1 aliphatic rings. The van der Waals surface area contributed by atoms with Gasteiger partial charge in [-0.15, -0.1) is 23.1 Å². The zero-order chi connectivity index (χ0) is 16.2. The second kappa shape index (κ2) is 7.01. The molecule has 1 aromatic heterocycles. The van der Waals surface area contributed by atoms with Crippen molar-refractivity contribution in [3.8, 4) is 17.0 Å². The number of methoxy groups -OCH3 is 1. The molecular weight excluding hydrogens is 334 g/mol. The first-order valence-electron chi connectivity index (χ1n) is 6.91. The van der Waals surface area contributed by atoms with Crippen LogP contribution in [0.15, 0.2) is 29.6 Å². The molecule has 0 saturated carbocycles. The van der Waals surface area contributed by atoms with Gasteiger partial charge >= 0.3 is 0 Å². The van der Waals surface area contributed by atoms with Gasteiger partial charge in [-0.3, -0.25) is 9.59 Å². The molecule has 0 aliphatic carbocycles. The number of benzene rings is 1. The van der Waals surface area contributed by atoms with E-state index in [0.29, 0.717) is 16.8 Å². The van der Waals surface area contributed by atoms with Gasteiger partial charge in [0.1, 0.15) is 12.3 Å². The van der Waals surface area contributed by atoms with Crippen LogP contribution in [0.4, 0.5) is 5.13 Å². The Morgan fingerprint density at radius 1 is 1.39 bits per heavy atom. The molecule has 1 N–H and O–H groups in total. The standard InChI is InChI=1S/C15H15N3O3S2/c1-21-11-4-2-10(3-5-11)12-7-23-15(16-12)17-13(19)6-18-9-22-8-14(18)20/h2-5,7H,6,8-9H2,1H3,(H,16,17,19). The summed E-state index contributed by atoms with van der Waals surface area (Å²) in [6.07, 6.45) is 0. The maximum absolute atomic E-state index is 12.0. The monoisotopic (exact) mass is 349 g/mol. The van der Waals surface area contributed by atoms with Crippen molar-refractivity contribution in [1.82, 2.24) is 9.88 Å². The van der Waals surface area contributed by atoms with E-state index in [-0.39, 0.29) is 18.4 Å². The number of anilines is 1. The van der Waals surface area contributed by atoms with Gasteiger partial charge in [-0.1, -0.05) is 0 Å². The van der Waals surface area contributed by atoms with Crippen molar-refractivity contribution < 1.29 is 14.3 Å². The fourth-order valence-electron chi connectivity index (χ4n) is 2.10. The Labute approximate surface area is 141 Å². The molecule has 1 aliphatic heterocycles. The second-order valence-corrected chi connectivity index (χ2v) is 6.70. The number of hydrogen-bond acceptors (Lipinski definition) is 6. The van der Waals surface area contributed by atoms with E-state index in [9.17, 15) is 9.59 Å². The summed E-state index contributed by atoms with van der Waals surface area (Å²) in [6.45, 7) is 0.0727. The van der Waals surface area contributed by atoms with Crippen LogP contribution in [0.1, 0.15) is 0 Å². The first kappa shape index (κ1) is 15.8. The van der Waals surface area contributed by atoms with E-state index in [2.05, 4.69) is 10.3 Å². The summed E-state index contributed by atoms with van der Waals surface area (Å²) in [5, 5.41) is 5.15. The van der Waals surface area contributed by atoms with Crippen molar-refractivity contribution in [2.24, 2.45) is 0 Å². The average molecular weight is 349 g/mol. The van der Waals surface area contributed by atoms with Crippen LogP contribution in [0, 0.1) is 0 Å². The van der Waals surface area contributed by atoms with Gasteiger partial charge in [0.25, 0.3) is 0 Å². The highest BCUT2D eigenvalue weighted by Crippen LogP contribution is 2.26. The number of ether oxygens (including phenoxy) is 1. The highest BCUT2D eigenvalue weighted by Gasteiger charge is 2.23. The Hall–Kier alpha value is -2.06. The predicted octanol–water partition coefficient (Wildman–Crippen LogP) is 2.29. The zero-order valence-electron chi connectivity index (χ0n) is 12.4. The third-order valence-corrected chi connectivity index (χ3v) is 5.00. The van der Waals surface area contributed by atoms with Crippen LogP contribution < -0.4 is 10.1 Å². The number of aromatic nitrogens is 1. The number of carbonyl (C=O) groups excluding carboxylic acids is 2. The van der Waals surface area contributed by atoms with Crippen LogP contribution in [0.2, 0.25) is 0 Å². The first-order valence-corrected chi connectivity index (χ1v) is 8.94. The third-order valence-electron chi connectivity index (χ3n) is 3.30. The largest absolute Gasteiger partial charge is 0.497 e. The number of nitrogens with zero attached hydrogens (tertiary/aromatic N) is 2. The quantitative estimate of drug-likeness (QED) is 0.897. The minimum absolute atomic E-state index is 0.00297. The highest BCUT2D eigenvalue weighted by molar-refractivity contribution is 8.00. The van der Waals surface area contributed by atoms with Crippen molar-refractivity contribution in [2.75, 3.05) is 30.6 Å². The maximum Gasteiger partial charge on any atom is 0.245 e. The SMILES string of the molecule is COc1ccc(-c2csc(NC(=O)CN3CSCC3=O)n2)cc1. The summed E-state index contributed by atoms with van der Waals surface area (Å²) in [5.74, 6) is 1.58. The smallest absolute Gasteiger partial charge is 0.245 e. The van der Waals surface area contributed by atoms with Crippen LogP contribution in [-0.2, 0) is 9.59 Å². The molecule has 1 saturated heterocycles. The lowest BCUT2D eigenvalue weighted by atomic mass is 10.2. The summed E-state index contributed by atoms with van der Waals surface area (Å²) < 4.78 is 5.13. The number of nitrogens with one attached hydrogen (secondary N) is 1. The molecule has 120 valence electrons. The molecule has 1 fully saturated rings. The van der Waals surface area contributed by atoms with Gasteiger partial charge < -0.3 is 15.0 Å². The van der Waals surface area contributed by atoms with Crippen LogP contribution >= 0.6 is 23.1 Å². The molecule has 6 nitrogen and oxygen atoms in total. The van der Waals surface area contributed by atoms with Gasteiger partial charge in [0.15, 0.2) is 5.13 Å². The van der Waals surface area contributed by atoms with Gasteiger partial charge in [0.2, 0.25) is 11.8 Å². The molecule has 2 amide bonds. The molecule has 0 spiro atoms. The van der Waals surface area contributed by atoms with Crippen LogP contribution in [-0.4, -0.2) is 47.0 Å². The van der Waals surface area contributed by atoms with Crippen molar-refractivity contribution >= 4 is 40.0 Å². The molecule has 0 unspecified atom stereocenters. The third kappa shape index (κ3) is 3.83. The van der Waals surface area contributed by atoms with E-state index in [1.807, 2.05) is 29.6 Å². The van der Waals surface area contributed by atoms with Crippen LogP contribution in [0.5, 0.6) is 5.75 Å². The lowest BCUT2D eigenvalue weighted by Crippen LogP contribution is -2.34. The predicted molar refractivity (Wildman–Crippen MR) is 91.8 cm³/mol. The molecule has 0 radical (unpaired) electrons.